The highest BCUT2D eigenvalue weighted by molar-refractivity contribution is 7.00. The van der Waals surface area contributed by atoms with E-state index in [1.54, 1.807) is 6.07 Å². The van der Waals surface area contributed by atoms with Crippen molar-refractivity contribution >= 4 is 51.7 Å². The first kappa shape index (κ1) is 13.4. The van der Waals surface area contributed by atoms with Gasteiger partial charge < -0.3 is 10.6 Å². The molecule has 1 fully saturated rings. The van der Waals surface area contributed by atoms with Gasteiger partial charge in [0.05, 0.1) is 27.5 Å². The molecule has 4 nitrogen and oxygen atoms in total. The molecule has 7 heteroatoms. The average Bonchev–Trinajstić information content (AvgIpc) is 2.83. The predicted octanol–water partition coefficient (Wildman–Crippen LogP) is 3.17. The molecule has 3 rings (SSSR count). The van der Waals surface area contributed by atoms with Crippen LogP contribution in [0.5, 0.6) is 0 Å². The Morgan fingerprint density at radius 1 is 1.32 bits per heavy atom. The molecule has 1 aliphatic rings. The molecule has 2 atom stereocenters. The van der Waals surface area contributed by atoms with Crippen LogP contribution < -0.4 is 10.6 Å². The zero-order chi connectivity index (χ0) is 13.6. The van der Waals surface area contributed by atoms with Crippen molar-refractivity contribution in [1.82, 2.24) is 8.75 Å². The van der Waals surface area contributed by atoms with Crippen LogP contribution in [0.3, 0.4) is 0 Å². The first-order valence-electron chi connectivity index (χ1n) is 6.18. The Morgan fingerprint density at radius 2 is 2.05 bits per heavy atom. The van der Waals surface area contributed by atoms with Crippen LogP contribution in [-0.2, 0) is 0 Å². The molecule has 0 bridgehead atoms. The van der Waals surface area contributed by atoms with Crippen LogP contribution in [0.25, 0.3) is 11.0 Å². The lowest BCUT2D eigenvalue weighted by atomic mass is 9.94. The molecule has 2 unspecified atom stereocenters. The number of fused-ring (bicyclic) bond motifs is 1. The predicted molar refractivity (Wildman–Crippen MR) is 81.4 cm³/mol. The average molecular weight is 317 g/mol. The lowest BCUT2D eigenvalue weighted by molar-refractivity contribution is 0.383. The summed E-state index contributed by atoms with van der Waals surface area (Å²) in [4.78, 5) is 2.25. The number of benzene rings is 1. The number of halogens is 2. The van der Waals surface area contributed by atoms with Gasteiger partial charge >= 0.3 is 0 Å². The first-order valence-corrected chi connectivity index (χ1v) is 7.67. The monoisotopic (exact) mass is 316 g/mol. The van der Waals surface area contributed by atoms with Crippen molar-refractivity contribution in [3.8, 4) is 0 Å². The van der Waals surface area contributed by atoms with Crippen molar-refractivity contribution in [2.75, 3.05) is 18.0 Å². The minimum atomic E-state index is 0.256. The van der Waals surface area contributed by atoms with E-state index < -0.39 is 0 Å². The highest BCUT2D eigenvalue weighted by Gasteiger charge is 2.27. The Bertz CT molecular complexity index is 615. The van der Waals surface area contributed by atoms with Crippen LogP contribution in [0.4, 0.5) is 5.69 Å². The quantitative estimate of drug-likeness (QED) is 0.878. The normalized spacial score (nSPS) is 24.1. The molecule has 1 saturated heterocycles. The van der Waals surface area contributed by atoms with E-state index in [0.29, 0.717) is 16.0 Å². The van der Waals surface area contributed by atoms with Crippen LogP contribution >= 0.6 is 34.9 Å². The third-order valence-electron chi connectivity index (χ3n) is 3.71. The lowest BCUT2D eigenvalue weighted by Gasteiger charge is -2.37. The van der Waals surface area contributed by atoms with E-state index in [9.17, 15) is 0 Å². The zero-order valence-corrected chi connectivity index (χ0v) is 12.8. The summed E-state index contributed by atoms with van der Waals surface area (Å²) in [6, 6.07) is 2.01. The van der Waals surface area contributed by atoms with Gasteiger partial charge in [0, 0.05) is 19.1 Å². The number of hydrogen-bond donors (Lipinski definition) is 1. The number of nitrogens with zero attached hydrogens (tertiary/aromatic N) is 3. The molecule has 102 valence electrons. The fraction of sp³-hybridized carbons (Fsp3) is 0.500. The number of anilines is 1. The fourth-order valence-corrected chi connectivity index (χ4v) is 3.76. The van der Waals surface area contributed by atoms with Crippen LogP contribution in [0, 0.1) is 5.92 Å². The van der Waals surface area contributed by atoms with E-state index in [1.165, 1.54) is 0 Å². The Hall–Kier alpha value is -0.620. The van der Waals surface area contributed by atoms with E-state index in [4.69, 9.17) is 28.9 Å². The molecule has 2 N–H and O–H groups in total. The van der Waals surface area contributed by atoms with Gasteiger partial charge in [-0.3, -0.25) is 0 Å². The Balaban J connectivity index is 2.07. The second-order valence-electron chi connectivity index (χ2n) is 5.03. The smallest absolute Gasteiger partial charge is 0.131 e. The van der Waals surface area contributed by atoms with Crippen LogP contribution in [0.1, 0.15) is 13.3 Å². The van der Waals surface area contributed by atoms with E-state index in [0.717, 1.165) is 48.0 Å². The van der Waals surface area contributed by atoms with E-state index >= 15 is 0 Å². The maximum atomic E-state index is 6.36. The fourth-order valence-electron chi connectivity index (χ4n) is 2.53. The van der Waals surface area contributed by atoms with Crippen molar-refractivity contribution in [3.05, 3.63) is 16.1 Å². The van der Waals surface area contributed by atoms with Gasteiger partial charge in [0.15, 0.2) is 0 Å². The van der Waals surface area contributed by atoms with Gasteiger partial charge in [0.1, 0.15) is 11.0 Å². The minimum Gasteiger partial charge on any atom is -0.368 e. The van der Waals surface area contributed by atoms with Crippen LogP contribution in [-0.4, -0.2) is 27.9 Å². The molecule has 0 saturated carbocycles. The number of hydrogen-bond acceptors (Lipinski definition) is 5. The van der Waals surface area contributed by atoms with Gasteiger partial charge in [-0.25, -0.2) is 0 Å². The highest BCUT2D eigenvalue weighted by atomic mass is 35.5. The van der Waals surface area contributed by atoms with Gasteiger partial charge in [-0.15, -0.1) is 0 Å². The van der Waals surface area contributed by atoms with Gasteiger partial charge in [0.25, 0.3) is 0 Å². The maximum Gasteiger partial charge on any atom is 0.131 e. The van der Waals surface area contributed by atoms with Crippen molar-refractivity contribution in [2.24, 2.45) is 11.7 Å². The molecule has 1 aromatic heterocycles. The molecule has 0 amide bonds. The molecule has 0 radical (unpaired) electrons. The zero-order valence-electron chi connectivity index (χ0n) is 10.4. The summed E-state index contributed by atoms with van der Waals surface area (Å²) in [5.74, 6) is 0.433. The molecular formula is C12H14Cl2N4S. The van der Waals surface area contributed by atoms with Crippen LogP contribution in [0.15, 0.2) is 6.07 Å². The Kier molecular flexibility index (Phi) is 3.55. The first-order chi connectivity index (χ1) is 9.08. The number of rotatable bonds is 1. The maximum absolute atomic E-state index is 6.36. The van der Waals surface area contributed by atoms with Gasteiger partial charge in [-0.05, 0) is 18.4 Å². The summed E-state index contributed by atoms with van der Waals surface area (Å²) in [5, 5.41) is 1.19. The van der Waals surface area contributed by atoms with Gasteiger partial charge in [0.2, 0.25) is 0 Å². The highest BCUT2D eigenvalue weighted by Crippen LogP contribution is 2.39. The molecule has 2 aromatic rings. The molecule has 19 heavy (non-hydrogen) atoms. The third-order valence-corrected chi connectivity index (χ3v) is 4.81. The molecule has 0 aliphatic carbocycles. The van der Waals surface area contributed by atoms with Crippen molar-refractivity contribution < 1.29 is 0 Å². The Labute approximate surface area is 125 Å². The number of nitrogens with two attached hydrogens (primary N) is 1. The summed E-state index contributed by atoms with van der Waals surface area (Å²) in [6.07, 6.45) is 0.958. The topological polar surface area (TPSA) is 55.0 Å². The minimum absolute atomic E-state index is 0.256. The number of piperidine rings is 1. The Morgan fingerprint density at radius 3 is 2.79 bits per heavy atom. The molecule has 0 spiro atoms. The van der Waals surface area contributed by atoms with Crippen molar-refractivity contribution in [3.63, 3.8) is 0 Å². The van der Waals surface area contributed by atoms with E-state index in [-0.39, 0.29) is 6.04 Å². The standard InChI is InChI=1S/C12H14Cl2N4S/c1-6-5-18(3-2-9(6)15)12-8(14)4-7(13)10-11(12)17-19-16-10/h4,6,9H,2-3,5,15H2,1H3. The SMILES string of the molecule is CC1CN(c2c(Cl)cc(Cl)c3nsnc23)CCC1N. The largest absolute Gasteiger partial charge is 0.368 e. The number of aromatic nitrogens is 2. The van der Waals surface area contributed by atoms with Gasteiger partial charge in [-0.1, -0.05) is 30.1 Å². The summed E-state index contributed by atoms with van der Waals surface area (Å²) in [5.41, 5.74) is 8.53. The lowest BCUT2D eigenvalue weighted by Crippen LogP contribution is -2.46. The van der Waals surface area contributed by atoms with Crippen molar-refractivity contribution in [2.45, 2.75) is 19.4 Å². The van der Waals surface area contributed by atoms with Crippen LogP contribution in [0.2, 0.25) is 10.0 Å². The molecule has 1 aromatic carbocycles. The van der Waals surface area contributed by atoms with Crippen molar-refractivity contribution in [1.29, 1.82) is 0 Å². The second kappa shape index (κ2) is 5.05. The van der Waals surface area contributed by atoms with Gasteiger partial charge in [-0.2, -0.15) is 8.75 Å². The summed E-state index contributed by atoms with van der Waals surface area (Å²) >= 11 is 13.7. The second-order valence-corrected chi connectivity index (χ2v) is 6.37. The summed E-state index contributed by atoms with van der Waals surface area (Å²) in [7, 11) is 0. The van der Waals surface area contributed by atoms with E-state index in [2.05, 4.69) is 20.6 Å². The summed E-state index contributed by atoms with van der Waals surface area (Å²) in [6.45, 7) is 3.94. The molecule has 1 aliphatic heterocycles. The summed E-state index contributed by atoms with van der Waals surface area (Å²) < 4.78 is 8.59. The molecule has 2 heterocycles. The molecular weight excluding hydrogens is 303 g/mol. The third kappa shape index (κ3) is 2.29. The van der Waals surface area contributed by atoms with E-state index in [1.807, 2.05) is 0 Å².